The Labute approximate surface area is 79.4 Å². The van der Waals surface area contributed by atoms with Crippen LogP contribution in [0.5, 0.6) is 0 Å². The molecule has 0 heterocycles. The van der Waals surface area contributed by atoms with Gasteiger partial charge in [0.05, 0.1) is 6.61 Å². The van der Waals surface area contributed by atoms with Gasteiger partial charge < -0.3 is 9.84 Å². The molecule has 0 aliphatic rings. The van der Waals surface area contributed by atoms with Crippen molar-refractivity contribution in [3.05, 3.63) is 12.2 Å². The van der Waals surface area contributed by atoms with Gasteiger partial charge in [-0.2, -0.15) is 0 Å². The number of hydrogen-bond donors (Lipinski definition) is 1. The first-order valence-corrected chi connectivity index (χ1v) is 4.69. The van der Waals surface area contributed by atoms with Gasteiger partial charge in [-0.15, -0.1) is 0 Å². The molecule has 1 N–H and O–H groups in total. The smallest absolute Gasteiger partial charge is 0.305 e. The van der Waals surface area contributed by atoms with Crippen molar-refractivity contribution < 1.29 is 14.6 Å². The highest BCUT2D eigenvalue weighted by Gasteiger charge is 2.00. The summed E-state index contributed by atoms with van der Waals surface area (Å²) in [5.41, 5.74) is 0. The summed E-state index contributed by atoms with van der Waals surface area (Å²) >= 11 is 0. The lowest BCUT2D eigenvalue weighted by Gasteiger charge is -2.01. The Hall–Kier alpha value is -0.830. The highest BCUT2D eigenvalue weighted by atomic mass is 16.5. The zero-order valence-corrected chi connectivity index (χ0v) is 8.16. The average Bonchev–Trinajstić information content (AvgIpc) is 2.14. The summed E-state index contributed by atoms with van der Waals surface area (Å²) in [4.78, 5) is 10.9. The molecule has 0 aliphatic carbocycles. The van der Waals surface area contributed by atoms with Gasteiger partial charge in [0.25, 0.3) is 0 Å². The third-order valence-corrected chi connectivity index (χ3v) is 1.59. The van der Waals surface area contributed by atoms with Crippen molar-refractivity contribution in [2.45, 2.75) is 32.6 Å². The van der Waals surface area contributed by atoms with E-state index in [0.29, 0.717) is 6.42 Å². The van der Waals surface area contributed by atoms with Crippen LogP contribution >= 0.6 is 0 Å². The first-order valence-electron chi connectivity index (χ1n) is 4.69. The van der Waals surface area contributed by atoms with Crippen molar-refractivity contribution in [1.29, 1.82) is 0 Å². The van der Waals surface area contributed by atoms with Gasteiger partial charge in [-0.1, -0.05) is 12.2 Å². The standard InChI is InChI=1S/C10H18O3/c1-2-3-4-5-6-7-10(12)13-9-8-11/h2-3,11H,4-9H2,1H3. The number of ether oxygens (including phenoxy) is 1. The molecule has 0 fully saturated rings. The highest BCUT2D eigenvalue weighted by molar-refractivity contribution is 5.69. The molecule has 0 aromatic rings. The molecule has 0 aliphatic heterocycles. The van der Waals surface area contributed by atoms with E-state index in [9.17, 15) is 4.79 Å². The lowest BCUT2D eigenvalue weighted by molar-refractivity contribution is -0.144. The van der Waals surface area contributed by atoms with Gasteiger partial charge in [0.1, 0.15) is 6.61 Å². The maximum Gasteiger partial charge on any atom is 0.305 e. The molecule has 0 saturated carbocycles. The predicted molar refractivity (Wildman–Crippen MR) is 51.3 cm³/mol. The molecule has 0 saturated heterocycles. The van der Waals surface area contributed by atoms with Gasteiger partial charge in [0.15, 0.2) is 0 Å². The zero-order chi connectivity index (χ0) is 9.94. The number of carbonyl (C=O) groups excluding carboxylic acids is 1. The van der Waals surface area contributed by atoms with E-state index in [1.807, 2.05) is 13.0 Å². The molecular weight excluding hydrogens is 168 g/mol. The highest BCUT2D eigenvalue weighted by Crippen LogP contribution is 2.01. The number of esters is 1. The molecular formula is C10H18O3. The van der Waals surface area contributed by atoms with Crippen LogP contribution in [0.1, 0.15) is 32.6 Å². The molecule has 0 rings (SSSR count). The first-order chi connectivity index (χ1) is 6.31. The molecule has 0 atom stereocenters. The predicted octanol–water partition coefficient (Wildman–Crippen LogP) is 1.66. The van der Waals surface area contributed by atoms with Crippen LogP contribution in [0.15, 0.2) is 12.2 Å². The second-order valence-corrected chi connectivity index (χ2v) is 2.76. The van der Waals surface area contributed by atoms with Gasteiger partial charge in [0, 0.05) is 6.42 Å². The van der Waals surface area contributed by atoms with Crippen molar-refractivity contribution in [1.82, 2.24) is 0 Å². The number of unbranched alkanes of at least 4 members (excludes halogenated alkanes) is 2. The molecule has 0 spiro atoms. The van der Waals surface area contributed by atoms with Crippen molar-refractivity contribution in [2.75, 3.05) is 13.2 Å². The van der Waals surface area contributed by atoms with Crippen LogP contribution in [0.3, 0.4) is 0 Å². The molecule has 0 radical (unpaired) electrons. The van der Waals surface area contributed by atoms with Crippen molar-refractivity contribution in [3.63, 3.8) is 0 Å². The quantitative estimate of drug-likeness (QED) is 0.373. The minimum absolute atomic E-state index is 0.0929. The Balaban J connectivity index is 3.17. The van der Waals surface area contributed by atoms with Crippen LogP contribution in [0.25, 0.3) is 0 Å². The van der Waals surface area contributed by atoms with Gasteiger partial charge >= 0.3 is 5.97 Å². The third-order valence-electron chi connectivity index (χ3n) is 1.59. The zero-order valence-electron chi connectivity index (χ0n) is 8.16. The van der Waals surface area contributed by atoms with E-state index in [0.717, 1.165) is 19.3 Å². The number of aliphatic hydroxyl groups is 1. The minimum Gasteiger partial charge on any atom is -0.463 e. The Morgan fingerprint density at radius 2 is 2.23 bits per heavy atom. The molecule has 0 aromatic heterocycles. The lowest BCUT2D eigenvalue weighted by Crippen LogP contribution is -2.07. The summed E-state index contributed by atoms with van der Waals surface area (Å²) in [7, 11) is 0. The van der Waals surface area contributed by atoms with E-state index in [4.69, 9.17) is 9.84 Å². The number of aliphatic hydroxyl groups excluding tert-OH is 1. The summed E-state index contributed by atoms with van der Waals surface area (Å²) in [6, 6.07) is 0. The SMILES string of the molecule is CC=CCCCCC(=O)OCCO. The average molecular weight is 186 g/mol. The topological polar surface area (TPSA) is 46.5 Å². The summed E-state index contributed by atoms with van der Waals surface area (Å²) < 4.78 is 4.69. The molecule has 0 amide bonds. The molecule has 0 aromatic carbocycles. The minimum atomic E-state index is -0.213. The van der Waals surface area contributed by atoms with Gasteiger partial charge in [0.2, 0.25) is 0 Å². The molecule has 13 heavy (non-hydrogen) atoms. The van der Waals surface area contributed by atoms with Crippen molar-refractivity contribution in [2.24, 2.45) is 0 Å². The number of rotatable bonds is 7. The maximum absolute atomic E-state index is 10.9. The summed E-state index contributed by atoms with van der Waals surface area (Å²) in [6.45, 7) is 2.01. The van der Waals surface area contributed by atoms with Crippen molar-refractivity contribution >= 4 is 5.97 Å². The summed E-state index contributed by atoms with van der Waals surface area (Å²) in [5.74, 6) is -0.213. The molecule has 76 valence electrons. The van der Waals surface area contributed by atoms with Gasteiger partial charge in [-0.3, -0.25) is 4.79 Å². The lowest BCUT2D eigenvalue weighted by atomic mass is 10.2. The van der Waals surface area contributed by atoms with Crippen LogP contribution < -0.4 is 0 Å². The van der Waals surface area contributed by atoms with Gasteiger partial charge in [-0.05, 0) is 26.2 Å². The number of allylic oxidation sites excluding steroid dienone is 2. The Bertz CT molecular complexity index is 152. The van der Waals surface area contributed by atoms with Crippen LogP contribution in [-0.4, -0.2) is 24.3 Å². The maximum atomic E-state index is 10.9. The Morgan fingerprint density at radius 1 is 1.46 bits per heavy atom. The Morgan fingerprint density at radius 3 is 2.85 bits per heavy atom. The van der Waals surface area contributed by atoms with E-state index in [1.165, 1.54) is 0 Å². The van der Waals surface area contributed by atoms with Crippen LogP contribution in [0.4, 0.5) is 0 Å². The first kappa shape index (κ1) is 12.2. The van der Waals surface area contributed by atoms with E-state index in [1.54, 1.807) is 0 Å². The fourth-order valence-corrected chi connectivity index (χ4v) is 0.930. The normalized spacial score (nSPS) is 10.6. The second-order valence-electron chi connectivity index (χ2n) is 2.76. The summed E-state index contributed by atoms with van der Waals surface area (Å²) in [6.07, 6.45) is 7.43. The van der Waals surface area contributed by atoms with Crippen LogP contribution in [-0.2, 0) is 9.53 Å². The van der Waals surface area contributed by atoms with E-state index in [-0.39, 0.29) is 19.2 Å². The van der Waals surface area contributed by atoms with Crippen molar-refractivity contribution in [3.8, 4) is 0 Å². The summed E-state index contributed by atoms with van der Waals surface area (Å²) in [5, 5.41) is 8.37. The molecule has 0 unspecified atom stereocenters. The van der Waals surface area contributed by atoms with Gasteiger partial charge in [-0.25, -0.2) is 0 Å². The number of hydrogen-bond acceptors (Lipinski definition) is 3. The molecule has 3 heteroatoms. The van der Waals surface area contributed by atoms with E-state index in [2.05, 4.69) is 6.08 Å². The monoisotopic (exact) mass is 186 g/mol. The Kier molecular flexibility index (Phi) is 8.67. The van der Waals surface area contributed by atoms with Crippen LogP contribution in [0, 0.1) is 0 Å². The number of carbonyl (C=O) groups is 1. The fraction of sp³-hybridized carbons (Fsp3) is 0.700. The second kappa shape index (κ2) is 9.26. The van der Waals surface area contributed by atoms with E-state index < -0.39 is 0 Å². The molecule has 0 bridgehead atoms. The van der Waals surface area contributed by atoms with Crippen LogP contribution in [0.2, 0.25) is 0 Å². The fourth-order valence-electron chi connectivity index (χ4n) is 0.930. The molecule has 3 nitrogen and oxygen atoms in total. The van der Waals surface area contributed by atoms with E-state index >= 15 is 0 Å². The third kappa shape index (κ3) is 9.08. The largest absolute Gasteiger partial charge is 0.463 e.